The molecule has 81 heavy (non-hydrogen) atoms. The molecular formula is C71H45B2N8+. The van der Waals surface area contributed by atoms with Gasteiger partial charge in [-0.2, -0.15) is 4.57 Å². The number of aromatic nitrogens is 8. The van der Waals surface area contributed by atoms with Crippen LogP contribution in [-0.2, 0) is 0 Å². The zero-order valence-electron chi connectivity index (χ0n) is 44.2. The minimum atomic E-state index is -0.132. The number of rotatable bonds is 4. The van der Waals surface area contributed by atoms with Gasteiger partial charge in [-0.15, -0.1) is 0 Å². The summed E-state index contributed by atoms with van der Waals surface area (Å²) in [5, 5.41) is 11.1. The van der Waals surface area contributed by atoms with Gasteiger partial charge in [-0.25, -0.2) is 9.97 Å². The first-order valence-electron chi connectivity index (χ1n) is 28.0. The van der Waals surface area contributed by atoms with Crippen molar-refractivity contribution in [2.45, 2.75) is 13.8 Å². The van der Waals surface area contributed by atoms with Crippen LogP contribution in [0.1, 0.15) is 11.1 Å². The van der Waals surface area contributed by atoms with E-state index in [1.807, 2.05) is 6.20 Å². The topological polar surface area (TPSA) is 54.3 Å². The third kappa shape index (κ3) is 5.49. The molecule has 7 aromatic heterocycles. The normalized spacial score (nSPS) is 13.0. The second kappa shape index (κ2) is 15.6. The number of fused-ring (bicyclic) bond motifs is 20. The summed E-state index contributed by atoms with van der Waals surface area (Å²) < 4.78 is 15.0. The van der Waals surface area contributed by atoms with E-state index in [-0.39, 0.29) is 13.7 Å². The second-order valence-electron chi connectivity index (χ2n) is 22.4. The van der Waals surface area contributed by atoms with E-state index in [1.54, 1.807) is 6.33 Å². The zero-order valence-corrected chi connectivity index (χ0v) is 44.2. The molecule has 0 saturated carbocycles. The highest BCUT2D eigenvalue weighted by molar-refractivity contribution is 6.89. The van der Waals surface area contributed by atoms with Crippen molar-refractivity contribution in [1.29, 1.82) is 0 Å². The number of benzene rings is 10. The van der Waals surface area contributed by atoms with Gasteiger partial charge in [0.1, 0.15) is 6.33 Å². The van der Waals surface area contributed by atoms with E-state index in [9.17, 15) is 0 Å². The van der Waals surface area contributed by atoms with Crippen LogP contribution in [0.4, 0.5) is 0 Å². The van der Waals surface area contributed by atoms with Crippen LogP contribution in [0.15, 0.2) is 237 Å². The van der Waals surface area contributed by atoms with Crippen molar-refractivity contribution in [3.05, 3.63) is 248 Å². The fourth-order valence-electron chi connectivity index (χ4n) is 15.3. The first kappa shape index (κ1) is 43.5. The van der Waals surface area contributed by atoms with Crippen LogP contribution in [-0.4, -0.2) is 46.3 Å². The first-order chi connectivity index (χ1) is 40.1. The standard InChI is InChI=1S/C71H45B2N8/c1-42-16-11-22-47-48-23-12-17-43(2)68(48)81(67(42)47)73-55-27-6-9-32-61(55)78-59-36-37-76(40-53(59)49-24-14-28-56(73)69(49)78)44-18-13-19-45(38-44)77-58-30-7-4-21-51(58)65-63(77)35-34-50-46-20-3-8-31-60(46)80(71(50)65)72-54-26-5-10-33-62(54)79-64-39-74-41-75-66(64)52-25-15-29-57(72)70(52)79/h3-41H,1-2H3/q+1. The number of aryl methyl sites for hydroxylation is 2. The molecule has 0 radical (unpaired) electrons. The second-order valence-corrected chi connectivity index (χ2v) is 22.4. The maximum absolute atomic E-state index is 4.87. The maximum atomic E-state index is 4.87. The summed E-state index contributed by atoms with van der Waals surface area (Å²) in [4.78, 5) is 9.40. The third-order valence-corrected chi connectivity index (χ3v) is 18.4. The van der Waals surface area contributed by atoms with Crippen molar-refractivity contribution < 1.29 is 4.57 Å². The van der Waals surface area contributed by atoms with Gasteiger partial charge < -0.3 is 22.7 Å². The summed E-state index contributed by atoms with van der Waals surface area (Å²) in [5.74, 6) is 0. The minimum absolute atomic E-state index is 0.0301. The monoisotopic (exact) mass is 1030 g/mol. The lowest BCUT2D eigenvalue weighted by Gasteiger charge is -2.28. The number of nitrogens with zero attached hydrogens (tertiary/aromatic N) is 8. The van der Waals surface area contributed by atoms with Gasteiger partial charge in [-0.05, 0) is 83.2 Å². The predicted octanol–water partition coefficient (Wildman–Crippen LogP) is 12.8. The molecule has 19 rings (SSSR count). The van der Waals surface area contributed by atoms with Crippen molar-refractivity contribution in [3.8, 4) is 22.7 Å². The van der Waals surface area contributed by atoms with Crippen molar-refractivity contribution in [3.63, 3.8) is 0 Å². The Bertz CT molecular complexity index is 5620. The van der Waals surface area contributed by atoms with Crippen molar-refractivity contribution in [2.75, 3.05) is 0 Å². The van der Waals surface area contributed by atoms with Crippen LogP contribution in [0, 0.1) is 13.8 Å². The molecule has 0 unspecified atom stereocenters. The van der Waals surface area contributed by atoms with Gasteiger partial charge in [0.25, 0.3) is 0 Å². The molecule has 374 valence electrons. The molecule has 9 heterocycles. The summed E-state index contributed by atoms with van der Waals surface area (Å²) in [6.07, 6.45) is 8.24. The molecule has 0 atom stereocenters. The predicted molar refractivity (Wildman–Crippen MR) is 336 cm³/mol. The van der Waals surface area contributed by atoms with E-state index in [2.05, 4.69) is 271 Å². The number of hydrogen-bond acceptors (Lipinski definition) is 2. The SMILES string of the molecule is Cc1cccc2c3cccc(C)c3n(B3c4ccccc4-n4c5cc[n+](-c6cccc(-n7c8ccccc8c8c9c(ccc87)c7ccccc7n9B7c8ccccc8-n8c9cncnc9c9cccc7c98)c6)cc5c5cccc3c54)c12. The highest BCUT2D eigenvalue weighted by atomic mass is 15.1. The van der Waals surface area contributed by atoms with Crippen LogP contribution < -0.4 is 26.4 Å². The van der Waals surface area contributed by atoms with Gasteiger partial charge in [-0.1, -0.05) is 158 Å². The van der Waals surface area contributed by atoms with E-state index in [0.29, 0.717) is 0 Å². The quantitative estimate of drug-likeness (QED) is 0.130. The molecule has 0 bridgehead atoms. The van der Waals surface area contributed by atoms with Gasteiger partial charge >= 0.3 is 13.7 Å². The molecule has 0 aliphatic carbocycles. The molecule has 0 amide bonds. The number of para-hydroxylation sites is 8. The summed E-state index contributed by atoms with van der Waals surface area (Å²) >= 11 is 0. The molecular weight excluding hydrogens is 986 g/mol. The summed E-state index contributed by atoms with van der Waals surface area (Å²) in [7, 11) is 0. The van der Waals surface area contributed by atoms with Gasteiger partial charge in [-0.3, -0.25) is 0 Å². The molecule has 0 N–H and O–H groups in total. The third-order valence-electron chi connectivity index (χ3n) is 18.4. The lowest BCUT2D eigenvalue weighted by atomic mass is 9.48. The molecule has 10 heteroatoms. The molecule has 0 spiro atoms. The Morgan fingerprint density at radius 1 is 0.383 bits per heavy atom. The van der Waals surface area contributed by atoms with Crippen LogP contribution in [0.2, 0.25) is 0 Å². The van der Waals surface area contributed by atoms with E-state index < -0.39 is 0 Å². The van der Waals surface area contributed by atoms with Crippen molar-refractivity contribution in [2.24, 2.45) is 0 Å². The molecule has 17 aromatic rings. The maximum Gasteiger partial charge on any atom is 0.332 e. The Balaban J connectivity index is 0.818. The first-order valence-corrected chi connectivity index (χ1v) is 28.0. The van der Waals surface area contributed by atoms with Crippen LogP contribution in [0.3, 0.4) is 0 Å². The van der Waals surface area contributed by atoms with E-state index in [1.165, 1.54) is 120 Å². The number of hydrogen-bond donors (Lipinski definition) is 0. The number of pyridine rings is 1. The Hall–Kier alpha value is -10.4. The summed E-state index contributed by atoms with van der Waals surface area (Å²) in [5.41, 5.74) is 25.2. The van der Waals surface area contributed by atoms with E-state index in [0.717, 1.165) is 44.5 Å². The Morgan fingerprint density at radius 2 is 0.938 bits per heavy atom. The molecule has 2 aliphatic rings. The van der Waals surface area contributed by atoms with Crippen LogP contribution in [0.25, 0.3) is 132 Å². The van der Waals surface area contributed by atoms with E-state index >= 15 is 0 Å². The van der Waals surface area contributed by atoms with Gasteiger partial charge in [0, 0.05) is 94.7 Å². The lowest BCUT2D eigenvalue weighted by Crippen LogP contribution is -2.53. The lowest BCUT2D eigenvalue weighted by molar-refractivity contribution is -0.594. The Kier molecular flexibility index (Phi) is 8.41. The molecule has 10 aromatic carbocycles. The summed E-state index contributed by atoms with van der Waals surface area (Å²) in [6.45, 7) is 4.37. The van der Waals surface area contributed by atoms with Gasteiger partial charge in [0.05, 0.1) is 55.9 Å². The van der Waals surface area contributed by atoms with Crippen LogP contribution in [0.5, 0.6) is 0 Å². The molecule has 0 saturated heterocycles. The average molecular weight is 1030 g/mol. The minimum Gasteiger partial charge on any atom is -0.375 e. The fourth-order valence-corrected chi connectivity index (χ4v) is 15.3. The van der Waals surface area contributed by atoms with Crippen LogP contribution >= 0.6 is 0 Å². The smallest absolute Gasteiger partial charge is 0.332 e. The highest BCUT2D eigenvalue weighted by Crippen LogP contribution is 2.43. The molecule has 2 aliphatic heterocycles. The van der Waals surface area contributed by atoms with Crippen molar-refractivity contribution in [1.82, 2.24) is 32.6 Å². The summed E-state index contributed by atoms with van der Waals surface area (Å²) in [6, 6.07) is 79.3. The highest BCUT2D eigenvalue weighted by Gasteiger charge is 2.39. The van der Waals surface area contributed by atoms with Gasteiger partial charge in [0.2, 0.25) is 5.69 Å². The van der Waals surface area contributed by atoms with Crippen molar-refractivity contribution >= 4 is 145 Å². The largest absolute Gasteiger partial charge is 0.375 e. The molecule has 8 nitrogen and oxygen atoms in total. The average Bonchev–Trinajstić information content (AvgIpc) is 2.07. The Labute approximate surface area is 464 Å². The molecule has 0 fully saturated rings. The fraction of sp³-hybridized carbons (Fsp3) is 0.0282. The van der Waals surface area contributed by atoms with Gasteiger partial charge in [0.15, 0.2) is 12.4 Å². The zero-order chi connectivity index (χ0) is 52.9. The Morgan fingerprint density at radius 3 is 1.69 bits per heavy atom. The van der Waals surface area contributed by atoms with E-state index in [4.69, 9.17) is 4.98 Å².